The van der Waals surface area contributed by atoms with Gasteiger partial charge in [0.1, 0.15) is 0 Å². The molecule has 0 saturated carbocycles. The smallest absolute Gasteiger partial charge is 0.251 e. The SMILES string of the molecule is Cl.Nc1ccc(C(=O)NC2CCC(=O)NC2)cc1. The topological polar surface area (TPSA) is 84.2 Å². The van der Waals surface area contributed by atoms with Crippen molar-refractivity contribution in [1.82, 2.24) is 10.6 Å². The van der Waals surface area contributed by atoms with Crippen LogP contribution in [0.4, 0.5) is 5.69 Å². The lowest BCUT2D eigenvalue weighted by molar-refractivity contribution is -0.122. The second-order valence-electron chi connectivity index (χ2n) is 4.14. The Labute approximate surface area is 112 Å². The molecular formula is C12H16ClN3O2. The molecule has 0 bridgehead atoms. The van der Waals surface area contributed by atoms with E-state index in [0.717, 1.165) is 0 Å². The minimum Gasteiger partial charge on any atom is -0.399 e. The Morgan fingerprint density at radius 1 is 1.33 bits per heavy atom. The van der Waals surface area contributed by atoms with Gasteiger partial charge in [0.15, 0.2) is 0 Å². The maximum atomic E-state index is 11.8. The first-order chi connectivity index (χ1) is 8.15. The summed E-state index contributed by atoms with van der Waals surface area (Å²) >= 11 is 0. The predicted molar refractivity (Wildman–Crippen MR) is 71.6 cm³/mol. The number of rotatable bonds is 2. The van der Waals surface area contributed by atoms with Gasteiger partial charge in [0.2, 0.25) is 5.91 Å². The van der Waals surface area contributed by atoms with E-state index in [1.54, 1.807) is 24.3 Å². The van der Waals surface area contributed by atoms with Gasteiger partial charge in [0.05, 0.1) is 0 Å². The molecule has 18 heavy (non-hydrogen) atoms. The number of hydrogen-bond donors (Lipinski definition) is 3. The van der Waals surface area contributed by atoms with Crippen molar-refractivity contribution < 1.29 is 9.59 Å². The third-order valence-electron chi connectivity index (χ3n) is 2.77. The maximum absolute atomic E-state index is 11.8. The van der Waals surface area contributed by atoms with Gasteiger partial charge in [-0.15, -0.1) is 12.4 Å². The number of amides is 2. The summed E-state index contributed by atoms with van der Waals surface area (Å²) in [6.45, 7) is 0.500. The van der Waals surface area contributed by atoms with Crippen molar-refractivity contribution >= 4 is 29.9 Å². The van der Waals surface area contributed by atoms with Crippen LogP contribution in [0.25, 0.3) is 0 Å². The molecule has 0 aliphatic carbocycles. The highest BCUT2D eigenvalue weighted by atomic mass is 35.5. The molecule has 1 aliphatic heterocycles. The molecule has 98 valence electrons. The first-order valence-electron chi connectivity index (χ1n) is 5.58. The minimum atomic E-state index is -0.133. The highest BCUT2D eigenvalue weighted by Gasteiger charge is 2.19. The van der Waals surface area contributed by atoms with E-state index < -0.39 is 0 Å². The summed E-state index contributed by atoms with van der Waals surface area (Å²) < 4.78 is 0. The van der Waals surface area contributed by atoms with Gasteiger partial charge in [0.25, 0.3) is 5.91 Å². The molecule has 1 atom stereocenters. The maximum Gasteiger partial charge on any atom is 0.251 e. The van der Waals surface area contributed by atoms with Gasteiger partial charge in [-0.25, -0.2) is 0 Å². The Hall–Kier alpha value is -1.75. The van der Waals surface area contributed by atoms with E-state index >= 15 is 0 Å². The zero-order valence-corrected chi connectivity index (χ0v) is 10.6. The number of carbonyl (C=O) groups is 2. The van der Waals surface area contributed by atoms with Crippen LogP contribution in [0.2, 0.25) is 0 Å². The molecule has 0 radical (unpaired) electrons. The summed E-state index contributed by atoms with van der Waals surface area (Å²) in [7, 11) is 0. The summed E-state index contributed by atoms with van der Waals surface area (Å²) in [5, 5.41) is 5.61. The third-order valence-corrected chi connectivity index (χ3v) is 2.77. The highest BCUT2D eigenvalue weighted by Crippen LogP contribution is 2.07. The molecule has 1 unspecified atom stereocenters. The molecule has 1 fully saturated rings. The fraction of sp³-hybridized carbons (Fsp3) is 0.333. The monoisotopic (exact) mass is 269 g/mol. The van der Waals surface area contributed by atoms with Gasteiger partial charge in [-0.2, -0.15) is 0 Å². The lowest BCUT2D eigenvalue weighted by Crippen LogP contribution is -2.47. The fourth-order valence-corrected chi connectivity index (χ4v) is 1.76. The number of benzene rings is 1. The molecule has 0 aromatic heterocycles. The van der Waals surface area contributed by atoms with Gasteiger partial charge >= 0.3 is 0 Å². The lowest BCUT2D eigenvalue weighted by Gasteiger charge is -2.23. The zero-order chi connectivity index (χ0) is 12.3. The van der Waals surface area contributed by atoms with E-state index in [1.165, 1.54) is 0 Å². The Balaban J connectivity index is 0.00000162. The van der Waals surface area contributed by atoms with Gasteiger partial charge < -0.3 is 16.4 Å². The molecule has 0 spiro atoms. The first kappa shape index (κ1) is 14.3. The van der Waals surface area contributed by atoms with Crippen LogP contribution in [0.5, 0.6) is 0 Å². The van der Waals surface area contributed by atoms with Gasteiger partial charge in [-0.3, -0.25) is 9.59 Å². The summed E-state index contributed by atoms with van der Waals surface area (Å²) in [4.78, 5) is 22.8. The van der Waals surface area contributed by atoms with Crippen LogP contribution < -0.4 is 16.4 Å². The molecule has 1 saturated heterocycles. The first-order valence-corrected chi connectivity index (χ1v) is 5.58. The number of piperidine rings is 1. The third kappa shape index (κ3) is 3.63. The van der Waals surface area contributed by atoms with E-state index in [-0.39, 0.29) is 30.3 Å². The van der Waals surface area contributed by atoms with Crippen LogP contribution in [0, 0.1) is 0 Å². The van der Waals surface area contributed by atoms with E-state index in [9.17, 15) is 9.59 Å². The Kier molecular flexibility index (Phi) is 4.97. The Morgan fingerprint density at radius 3 is 2.56 bits per heavy atom. The summed E-state index contributed by atoms with van der Waals surface area (Å²) in [5.74, 6) is -0.0888. The van der Waals surface area contributed by atoms with Crippen molar-refractivity contribution in [2.24, 2.45) is 0 Å². The van der Waals surface area contributed by atoms with E-state index in [0.29, 0.717) is 30.6 Å². The van der Waals surface area contributed by atoms with E-state index in [1.807, 2.05) is 0 Å². The van der Waals surface area contributed by atoms with Crippen LogP contribution in [0.3, 0.4) is 0 Å². The van der Waals surface area contributed by atoms with Gasteiger partial charge in [-0.1, -0.05) is 0 Å². The van der Waals surface area contributed by atoms with Crippen LogP contribution in [0.1, 0.15) is 23.2 Å². The van der Waals surface area contributed by atoms with Crippen LogP contribution in [-0.2, 0) is 4.79 Å². The quantitative estimate of drug-likeness (QED) is 0.691. The molecular weight excluding hydrogens is 254 g/mol. The second-order valence-corrected chi connectivity index (χ2v) is 4.14. The van der Waals surface area contributed by atoms with Crippen LogP contribution in [-0.4, -0.2) is 24.4 Å². The van der Waals surface area contributed by atoms with Crippen molar-refractivity contribution in [1.29, 1.82) is 0 Å². The van der Waals surface area contributed by atoms with Crippen molar-refractivity contribution in [2.45, 2.75) is 18.9 Å². The molecule has 5 nitrogen and oxygen atoms in total. The Bertz CT molecular complexity index is 423. The number of halogens is 1. The number of carbonyl (C=O) groups excluding carboxylic acids is 2. The average molecular weight is 270 g/mol. The van der Waals surface area contributed by atoms with Gasteiger partial charge in [0, 0.05) is 30.3 Å². The molecule has 1 aromatic carbocycles. The number of nitrogen functional groups attached to an aromatic ring is 1. The van der Waals surface area contributed by atoms with E-state index in [2.05, 4.69) is 10.6 Å². The van der Waals surface area contributed by atoms with Crippen molar-refractivity contribution in [3.8, 4) is 0 Å². The normalized spacial score (nSPS) is 18.4. The molecule has 4 N–H and O–H groups in total. The zero-order valence-electron chi connectivity index (χ0n) is 9.81. The number of hydrogen-bond acceptors (Lipinski definition) is 3. The van der Waals surface area contributed by atoms with Crippen molar-refractivity contribution in [3.63, 3.8) is 0 Å². The van der Waals surface area contributed by atoms with Crippen LogP contribution >= 0.6 is 12.4 Å². The molecule has 1 heterocycles. The van der Waals surface area contributed by atoms with Crippen molar-refractivity contribution in [2.75, 3.05) is 12.3 Å². The average Bonchev–Trinajstić information content (AvgIpc) is 2.33. The largest absolute Gasteiger partial charge is 0.399 e. The standard InChI is InChI=1S/C12H15N3O2.ClH/c13-9-3-1-8(2-4-9)12(17)15-10-5-6-11(16)14-7-10;/h1-4,10H,5-7,13H2,(H,14,16)(H,15,17);1H. The molecule has 2 amide bonds. The van der Waals surface area contributed by atoms with Crippen molar-refractivity contribution in [3.05, 3.63) is 29.8 Å². The predicted octanol–water partition coefficient (Wildman–Crippen LogP) is 0.699. The molecule has 2 rings (SSSR count). The number of nitrogens with one attached hydrogen (secondary N) is 2. The summed E-state index contributed by atoms with van der Waals surface area (Å²) in [6, 6.07) is 6.77. The number of nitrogens with two attached hydrogens (primary N) is 1. The summed E-state index contributed by atoms with van der Waals surface area (Å²) in [6.07, 6.45) is 1.15. The van der Waals surface area contributed by atoms with Crippen LogP contribution in [0.15, 0.2) is 24.3 Å². The molecule has 1 aliphatic rings. The Morgan fingerprint density at radius 2 is 2.00 bits per heavy atom. The number of anilines is 1. The van der Waals surface area contributed by atoms with E-state index in [4.69, 9.17) is 5.73 Å². The van der Waals surface area contributed by atoms with Gasteiger partial charge in [-0.05, 0) is 30.7 Å². The molecule has 6 heteroatoms. The molecule has 1 aromatic rings. The fourth-order valence-electron chi connectivity index (χ4n) is 1.76. The summed E-state index contributed by atoms with van der Waals surface area (Å²) in [5.41, 5.74) is 6.76. The lowest BCUT2D eigenvalue weighted by atomic mass is 10.1. The second kappa shape index (κ2) is 6.26. The minimum absolute atomic E-state index is 0. The highest BCUT2D eigenvalue weighted by molar-refractivity contribution is 5.94.